The molecule has 1 heteroatoms. The third-order valence-electron chi connectivity index (χ3n) is 1.12. The van der Waals surface area contributed by atoms with Crippen molar-refractivity contribution in [1.29, 1.82) is 0 Å². The summed E-state index contributed by atoms with van der Waals surface area (Å²) in [7, 11) is 0. The van der Waals surface area contributed by atoms with E-state index < -0.39 is 0 Å². The van der Waals surface area contributed by atoms with Crippen LogP contribution in [0.5, 0.6) is 0 Å². The molecule has 0 N–H and O–H groups in total. The Morgan fingerprint density at radius 1 is 1.13 bits per heavy atom. The molecule has 1 aromatic heterocycles. The average Bonchev–Trinajstić information content (AvgIpc) is 2.01. The molecule has 0 aliphatic rings. The second-order valence-corrected chi connectivity index (χ2v) is 5.48. The average molecular weight is 205 g/mol. The predicted octanol–water partition coefficient (Wildman–Crippen LogP) is 4.56. The Morgan fingerprint density at radius 2 is 1.67 bits per heavy atom. The molecular formula is C14H23N. The molecule has 0 fully saturated rings. The summed E-state index contributed by atoms with van der Waals surface area (Å²) in [6.07, 6.45) is 3.86. The Labute approximate surface area is 94.3 Å². The largest absolute Gasteiger partial charge is 0.257 e. The van der Waals surface area contributed by atoms with Gasteiger partial charge in [0.1, 0.15) is 0 Å². The van der Waals surface area contributed by atoms with Gasteiger partial charge in [-0.2, -0.15) is 0 Å². The highest BCUT2D eigenvalue weighted by atomic mass is 14.6. The molecule has 1 nitrogen and oxygen atoms in total. The smallest absolute Gasteiger partial charge is 0.0628 e. The zero-order chi connectivity index (χ0) is 11.9. The van der Waals surface area contributed by atoms with Crippen molar-refractivity contribution in [3.05, 3.63) is 35.7 Å². The molecule has 84 valence electrons. The van der Waals surface area contributed by atoms with Crippen LogP contribution in [-0.2, 0) is 0 Å². The highest BCUT2D eigenvalue weighted by molar-refractivity contribution is 5.46. The van der Waals surface area contributed by atoms with Crippen LogP contribution in [0, 0.1) is 5.41 Å². The first-order valence-electron chi connectivity index (χ1n) is 5.35. The van der Waals surface area contributed by atoms with Crippen molar-refractivity contribution in [2.45, 2.75) is 41.5 Å². The van der Waals surface area contributed by atoms with Gasteiger partial charge in [0.15, 0.2) is 0 Å². The van der Waals surface area contributed by atoms with Crippen LogP contribution >= 0.6 is 0 Å². The fourth-order valence-electron chi connectivity index (χ4n) is 0.757. The third kappa shape index (κ3) is 12.9. The second kappa shape index (κ2) is 6.39. The molecule has 15 heavy (non-hydrogen) atoms. The lowest BCUT2D eigenvalue weighted by Crippen LogP contribution is -1.93. The van der Waals surface area contributed by atoms with Crippen molar-refractivity contribution >= 4 is 6.08 Å². The van der Waals surface area contributed by atoms with E-state index in [0.717, 1.165) is 5.69 Å². The molecule has 0 amide bonds. The Kier molecular flexibility index (Phi) is 5.92. The molecule has 1 rings (SSSR count). The van der Waals surface area contributed by atoms with Gasteiger partial charge in [0.25, 0.3) is 0 Å². The van der Waals surface area contributed by atoms with Crippen molar-refractivity contribution < 1.29 is 0 Å². The summed E-state index contributed by atoms with van der Waals surface area (Å²) >= 11 is 0. The van der Waals surface area contributed by atoms with E-state index in [0.29, 0.717) is 5.41 Å². The van der Waals surface area contributed by atoms with E-state index in [9.17, 15) is 0 Å². The Balaban J connectivity index is 0.000000336. The van der Waals surface area contributed by atoms with E-state index in [1.807, 2.05) is 18.2 Å². The molecule has 0 bridgehead atoms. The summed E-state index contributed by atoms with van der Waals surface area (Å²) in [6, 6.07) is 5.90. The summed E-state index contributed by atoms with van der Waals surface area (Å²) in [5, 5.41) is 0. The van der Waals surface area contributed by atoms with Gasteiger partial charge >= 0.3 is 0 Å². The minimum absolute atomic E-state index is 0.500. The topological polar surface area (TPSA) is 12.9 Å². The van der Waals surface area contributed by atoms with Gasteiger partial charge < -0.3 is 0 Å². The van der Waals surface area contributed by atoms with Gasteiger partial charge in [-0.15, -0.1) is 0 Å². The van der Waals surface area contributed by atoms with Crippen molar-refractivity contribution in [2.75, 3.05) is 0 Å². The van der Waals surface area contributed by atoms with Gasteiger partial charge in [0.05, 0.1) is 5.69 Å². The SMILES string of the molecule is CC(C)(C)C.CC(C)=Cc1ccccn1. The number of pyridine rings is 1. The number of hydrogen-bond acceptors (Lipinski definition) is 1. The Bertz CT molecular complexity index is 281. The molecule has 0 aromatic carbocycles. The maximum atomic E-state index is 4.14. The fourth-order valence-corrected chi connectivity index (χ4v) is 0.757. The van der Waals surface area contributed by atoms with Crippen LogP contribution in [0.4, 0.5) is 0 Å². The van der Waals surface area contributed by atoms with Gasteiger partial charge in [-0.1, -0.05) is 39.3 Å². The van der Waals surface area contributed by atoms with Crippen LogP contribution < -0.4 is 0 Å². The van der Waals surface area contributed by atoms with E-state index >= 15 is 0 Å². The van der Waals surface area contributed by atoms with Gasteiger partial charge in [-0.3, -0.25) is 4.98 Å². The highest BCUT2D eigenvalue weighted by Gasteiger charge is 1.95. The molecule has 0 saturated heterocycles. The molecule has 0 aliphatic carbocycles. The fraction of sp³-hybridized carbons (Fsp3) is 0.500. The first-order chi connectivity index (χ1) is 6.79. The lowest BCUT2D eigenvalue weighted by Gasteiger charge is -2.05. The lowest BCUT2D eigenvalue weighted by atomic mass is 10.0. The third-order valence-corrected chi connectivity index (χ3v) is 1.12. The standard InChI is InChI=1S/C9H11N.C5H12/c1-8(2)7-9-5-3-4-6-10-9;1-5(2,3)4/h3-7H,1-2H3;1-4H3. The van der Waals surface area contributed by atoms with Crippen LogP contribution in [0.15, 0.2) is 30.0 Å². The minimum Gasteiger partial charge on any atom is -0.257 e. The second-order valence-electron chi connectivity index (χ2n) is 5.48. The summed E-state index contributed by atoms with van der Waals surface area (Å²) in [5.41, 5.74) is 2.81. The summed E-state index contributed by atoms with van der Waals surface area (Å²) in [5.74, 6) is 0. The van der Waals surface area contributed by atoms with Crippen LogP contribution in [0.1, 0.15) is 47.2 Å². The van der Waals surface area contributed by atoms with Crippen LogP contribution in [0.25, 0.3) is 6.08 Å². The predicted molar refractivity (Wildman–Crippen MR) is 68.7 cm³/mol. The van der Waals surface area contributed by atoms with Gasteiger partial charge in [0, 0.05) is 6.20 Å². The number of hydrogen-bond donors (Lipinski definition) is 0. The molecule has 0 atom stereocenters. The normalized spacial score (nSPS) is 10.0. The highest BCUT2D eigenvalue weighted by Crippen LogP contribution is 2.08. The van der Waals surface area contributed by atoms with Gasteiger partial charge in [-0.25, -0.2) is 0 Å². The Hall–Kier alpha value is -1.11. The maximum absolute atomic E-state index is 4.14. The number of rotatable bonds is 1. The van der Waals surface area contributed by atoms with E-state index in [-0.39, 0.29) is 0 Å². The monoisotopic (exact) mass is 205 g/mol. The molecule has 0 radical (unpaired) electrons. The zero-order valence-electron chi connectivity index (χ0n) is 10.8. The van der Waals surface area contributed by atoms with Crippen LogP contribution in [0.2, 0.25) is 0 Å². The van der Waals surface area contributed by atoms with Crippen molar-refractivity contribution in [2.24, 2.45) is 5.41 Å². The summed E-state index contributed by atoms with van der Waals surface area (Å²) < 4.78 is 0. The maximum Gasteiger partial charge on any atom is 0.0628 e. The summed E-state index contributed by atoms with van der Waals surface area (Å²) in [4.78, 5) is 4.14. The van der Waals surface area contributed by atoms with Crippen molar-refractivity contribution in [3.63, 3.8) is 0 Å². The first-order valence-corrected chi connectivity index (χ1v) is 5.35. The molecule has 1 aromatic rings. The number of aromatic nitrogens is 1. The molecule has 0 unspecified atom stereocenters. The Morgan fingerprint density at radius 3 is 2.00 bits per heavy atom. The molecule has 1 heterocycles. The van der Waals surface area contributed by atoms with E-state index in [4.69, 9.17) is 0 Å². The lowest BCUT2D eigenvalue weighted by molar-refractivity contribution is 0.469. The minimum atomic E-state index is 0.500. The van der Waals surface area contributed by atoms with Crippen molar-refractivity contribution in [1.82, 2.24) is 4.98 Å². The first kappa shape index (κ1) is 13.9. The van der Waals surface area contributed by atoms with Crippen molar-refractivity contribution in [3.8, 4) is 0 Å². The van der Waals surface area contributed by atoms with E-state index in [1.165, 1.54) is 5.57 Å². The quantitative estimate of drug-likeness (QED) is 0.655. The van der Waals surface area contributed by atoms with Gasteiger partial charge in [-0.05, 0) is 37.5 Å². The number of allylic oxidation sites excluding steroid dienone is 1. The van der Waals surface area contributed by atoms with Gasteiger partial charge in [0.2, 0.25) is 0 Å². The van der Waals surface area contributed by atoms with Crippen LogP contribution in [0.3, 0.4) is 0 Å². The van der Waals surface area contributed by atoms with Crippen LogP contribution in [-0.4, -0.2) is 4.98 Å². The zero-order valence-corrected chi connectivity index (χ0v) is 10.8. The summed E-state index contributed by atoms with van der Waals surface area (Å²) in [6.45, 7) is 12.9. The molecular weight excluding hydrogens is 182 g/mol. The number of nitrogens with zero attached hydrogens (tertiary/aromatic N) is 1. The molecule has 0 spiro atoms. The molecule has 0 saturated carbocycles. The van der Waals surface area contributed by atoms with E-state index in [1.54, 1.807) is 6.20 Å². The van der Waals surface area contributed by atoms with E-state index in [2.05, 4.69) is 52.6 Å². The molecule has 0 aliphatic heterocycles.